The van der Waals surface area contributed by atoms with Crippen LogP contribution in [0.5, 0.6) is 11.5 Å². The molecule has 1 aliphatic heterocycles. The number of methoxy groups -OCH3 is 1. The molecule has 8 nitrogen and oxygen atoms in total. The summed E-state index contributed by atoms with van der Waals surface area (Å²) in [5.74, 6) is -1.48. The van der Waals surface area contributed by atoms with Crippen LogP contribution >= 0.6 is 0 Å². The molecule has 0 unspecified atom stereocenters. The number of carboxylic acid groups (broad SMARTS) is 1. The van der Waals surface area contributed by atoms with E-state index < -0.39 is 23.6 Å². The van der Waals surface area contributed by atoms with E-state index in [1.165, 1.54) is 31.4 Å². The number of rotatable bonds is 6. The molecule has 11 heteroatoms. The number of para-hydroxylation sites is 1. The van der Waals surface area contributed by atoms with Gasteiger partial charge in [0, 0.05) is 11.1 Å². The molecule has 3 N–H and O–H groups in total. The summed E-state index contributed by atoms with van der Waals surface area (Å²) in [5, 5.41) is 24.5. The van der Waals surface area contributed by atoms with Gasteiger partial charge in [-0.05, 0) is 79.1 Å². The average molecular weight is 576 g/mol. The van der Waals surface area contributed by atoms with Gasteiger partial charge in [0.25, 0.3) is 5.91 Å². The van der Waals surface area contributed by atoms with Crippen LogP contribution in [0.2, 0.25) is 0 Å². The molecule has 42 heavy (non-hydrogen) atoms. The quantitative estimate of drug-likeness (QED) is 0.170. The van der Waals surface area contributed by atoms with Crippen molar-refractivity contribution in [3.8, 4) is 22.6 Å². The highest BCUT2D eigenvalue weighted by Gasteiger charge is 2.39. The number of benzene rings is 4. The maximum absolute atomic E-state index is 13.7. The molecule has 4 aromatic rings. The molecule has 4 aromatic carbocycles. The normalized spacial score (nSPS) is 13.8. The third kappa shape index (κ3) is 5.00. The first-order valence-electron chi connectivity index (χ1n) is 12.6. The molecule has 0 saturated carbocycles. The van der Waals surface area contributed by atoms with Crippen LogP contribution in [0.3, 0.4) is 0 Å². The summed E-state index contributed by atoms with van der Waals surface area (Å²) in [4.78, 5) is 26.3. The van der Waals surface area contributed by atoms with Crippen molar-refractivity contribution < 1.29 is 37.7 Å². The number of phenolic OH excluding ortho intramolecular Hbond substituents is 1. The molecule has 0 bridgehead atoms. The fourth-order valence-electron chi connectivity index (χ4n) is 4.97. The van der Waals surface area contributed by atoms with E-state index in [4.69, 9.17) is 4.74 Å². The minimum atomic E-state index is -4.64. The Bertz CT molecular complexity index is 1760. The van der Waals surface area contributed by atoms with E-state index in [2.05, 4.69) is 10.5 Å². The summed E-state index contributed by atoms with van der Waals surface area (Å²) in [6, 6.07) is 16.9. The van der Waals surface area contributed by atoms with Crippen LogP contribution in [0, 0.1) is 13.8 Å². The van der Waals surface area contributed by atoms with Crippen LogP contribution in [0.1, 0.15) is 32.6 Å². The lowest BCUT2D eigenvalue weighted by Crippen LogP contribution is -2.26. The second-order valence-corrected chi connectivity index (χ2v) is 9.64. The zero-order valence-electron chi connectivity index (χ0n) is 22.6. The van der Waals surface area contributed by atoms with Gasteiger partial charge in [-0.3, -0.25) is 15.1 Å². The zero-order valence-corrected chi connectivity index (χ0v) is 22.6. The molecule has 1 aliphatic rings. The first-order valence-corrected chi connectivity index (χ1v) is 12.6. The third-order valence-electron chi connectivity index (χ3n) is 6.88. The van der Waals surface area contributed by atoms with Crippen LogP contribution in [0.4, 0.5) is 30.2 Å². The van der Waals surface area contributed by atoms with Gasteiger partial charge in [0.05, 0.1) is 35.3 Å². The lowest BCUT2D eigenvalue weighted by molar-refractivity contribution is -0.137. The van der Waals surface area contributed by atoms with Gasteiger partial charge in [0.2, 0.25) is 0 Å². The highest BCUT2D eigenvalue weighted by molar-refractivity contribution is 6.55. The molecule has 1 amide bonds. The number of anilines is 3. The van der Waals surface area contributed by atoms with Gasteiger partial charge in [0.1, 0.15) is 11.5 Å². The number of alkyl halides is 3. The Morgan fingerprint density at radius 3 is 2.29 bits per heavy atom. The third-order valence-corrected chi connectivity index (χ3v) is 6.88. The second-order valence-electron chi connectivity index (χ2n) is 9.64. The van der Waals surface area contributed by atoms with Crippen LogP contribution in [-0.2, 0) is 11.0 Å². The zero-order chi connectivity index (χ0) is 30.3. The molecule has 5 rings (SSSR count). The predicted octanol–water partition coefficient (Wildman–Crippen LogP) is 6.90. The van der Waals surface area contributed by atoms with Crippen LogP contribution < -0.4 is 15.1 Å². The highest BCUT2D eigenvalue weighted by atomic mass is 19.4. The van der Waals surface area contributed by atoms with Crippen molar-refractivity contribution in [1.29, 1.82) is 0 Å². The molecule has 0 aromatic heterocycles. The predicted molar refractivity (Wildman–Crippen MR) is 152 cm³/mol. The van der Waals surface area contributed by atoms with Crippen molar-refractivity contribution in [3.05, 3.63) is 101 Å². The highest BCUT2D eigenvalue weighted by Crippen LogP contribution is 2.42. The molecule has 0 saturated heterocycles. The molecule has 214 valence electrons. The average Bonchev–Trinajstić information content (AvgIpc) is 3.22. The molecule has 0 atom stereocenters. The summed E-state index contributed by atoms with van der Waals surface area (Å²) >= 11 is 0. The smallest absolute Gasteiger partial charge is 0.416 e. The van der Waals surface area contributed by atoms with Crippen LogP contribution in [0.25, 0.3) is 11.1 Å². The largest absolute Gasteiger partial charge is 0.505 e. The van der Waals surface area contributed by atoms with Crippen molar-refractivity contribution in [2.45, 2.75) is 20.0 Å². The summed E-state index contributed by atoms with van der Waals surface area (Å²) in [6.45, 7) is 3.53. The fraction of sp³-hybridized carbons (Fsp3) is 0.129. The summed E-state index contributed by atoms with van der Waals surface area (Å²) < 4.78 is 46.3. The van der Waals surface area contributed by atoms with Gasteiger partial charge < -0.3 is 14.9 Å². The lowest BCUT2D eigenvalue weighted by Gasteiger charge is -2.20. The van der Waals surface area contributed by atoms with Gasteiger partial charge >= 0.3 is 12.1 Å². The van der Waals surface area contributed by atoms with Crippen molar-refractivity contribution in [2.24, 2.45) is 5.10 Å². The Morgan fingerprint density at radius 2 is 1.64 bits per heavy atom. The van der Waals surface area contributed by atoms with Gasteiger partial charge in [-0.2, -0.15) is 18.3 Å². The maximum Gasteiger partial charge on any atom is 0.416 e. The summed E-state index contributed by atoms with van der Waals surface area (Å²) in [6.07, 6.45) is -4.64. The topological polar surface area (TPSA) is 111 Å². The van der Waals surface area contributed by atoms with Gasteiger partial charge in [0.15, 0.2) is 5.71 Å². The minimum absolute atomic E-state index is 0.00259. The standard InChI is InChI=1S/C31H24F3N3O5/c1-16-12-21(13-17(2)28(16)42-3)37-25-15-20(31(32,33)34)10-11-23(25)26(29(37)39)36-35-24-9-5-8-22(27(24)38)18-6-4-7-19(14-18)30(40)41/h4-15,35,38H,1-3H3,(H,40,41)/b36-26-. The Balaban J connectivity index is 1.58. The second kappa shape index (κ2) is 10.6. The number of halogens is 3. The first-order chi connectivity index (χ1) is 19.9. The van der Waals surface area contributed by atoms with E-state index >= 15 is 0 Å². The van der Waals surface area contributed by atoms with Crippen LogP contribution in [-0.4, -0.2) is 34.9 Å². The number of ether oxygens (including phenoxy) is 1. The van der Waals surface area contributed by atoms with Crippen molar-refractivity contribution in [1.82, 2.24) is 0 Å². The number of nitrogens with zero attached hydrogens (tertiary/aromatic N) is 2. The number of aromatic hydroxyl groups is 1. The number of carboxylic acids is 1. The number of aryl methyl sites for hydroxylation is 2. The van der Waals surface area contributed by atoms with E-state index in [1.807, 2.05) is 0 Å². The van der Waals surface area contributed by atoms with Gasteiger partial charge in [-0.25, -0.2) is 4.79 Å². The van der Waals surface area contributed by atoms with Gasteiger partial charge in [-0.1, -0.05) is 24.3 Å². The van der Waals surface area contributed by atoms with Gasteiger partial charge in [-0.15, -0.1) is 0 Å². The first kappa shape index (κ1) is 28.2. The number of carbonyl (C=O) groups is 2. The molecular formula is C31H24F3N3O5. The van der Waals surface area contributed by atoms with Crippen molar-refractivity contribution >= 4 is 34.7 Å². The molecule has 0 fully saturated rings. The SMILES string of the molecule is COc1c(C)cc(N2C(=O)/C(=N\Nc3cccc(-c4cccc(C(=O)O)c4)c3O)c3ccc(C(F)(F)F)cc32)cc1C. The molecule has 0 aliphatic carbocycles. The number of phenols is 1. The number of fused-ring (bicyclic) bond motifs is 1. The van der Waals surface area contributed by atoms with Crippen molar-refractivity contribution in [2.75, 3.05) is 17.4 Å². The molecule has 1 heterocycles. The summed E-state index contributed by atoms with van der Waals surface area (Å²) in [5.41, 5.74) is 4.31. The Morgan fingerprint density at radius 1 is 0.952 bits per heavy atom. The number of nitrogens with one attached hydrogen (secondary N) is 1. The number of hydrogen-bond acceptors (Lipinski definition) is 6. The monoisotopic (exact) mass is 575 g/mol. The fourth-order valence-corrected chi connectivity index (χ4v) is 4.97. The Labute approximate surface area is 238 Å². The lowest BCUT2D eigenvalue weighted by atomic mass is 10.0. The maximum atomic E-state index is 13.7. The van der Waals surface area contributed by atoms with E-state index in [9.17, 15) is 33.0 Å². The Hall–Kier alpha value is -5.32. The van der Waals surface area contributed by atoms with Crippen LogP contribution in [0.15, 0.2) is 77.9 Å². The van der Waals surface area contributed by atoms with E-state index in [1.54, 1.807) is 50.2 Å². The molecule has 0 spiro atoms. The molecular weight excluding hydrogens is 551 g/mol. The van der Waals surface area contributed by atoms with E-state index in [0.29, 0.717) is 33.7 Å². The number of aromatic carboxylic acids is 1. The number of hydrazone groups is 1. The minimum Gasteiger partial charge on any atom is -0.505 e. The summed E-state index contributed by atoms with van der Waals surface area (Å²) in [7, 11) is 1.50. The van der Waals surface area contributed by atoms with E-state index in [-0.39, 0.29) is 34.0 Å². The number of carbonyl (C=O) groups excluding carboxylic acids is 1. The number of amides is 1. The molecule has 0 radical (unpaired) electrons. The number of hydrogen-bond donors (Lipinski definition) is 3. The Kier molecular flexibility index (Phi) is 7.11. The van der Waals surface area contributed by atoms with E-state index in [0.717, 1.165) is 17.0 Å². The van der Waals surface area contributed by atoms with Crippen molar-refractivity contribution in [3.63, 3.8) is 0 Å².